The Bertz CT molecular complexity index is 885. The summed E-state index contributed by atoms with van der Waals surface area (Å²) < 4.78 is 5.41. The van der Waals surface area contributed by atoms with Gasteiger partial charge in [0.1, 0.15) is 5.76 Å². The van der Waals surface area contributed by atoms with Crippen molar-refractivity contribution >= 4 is 40.0 Å². The lowest BCUT2D eigenvalue weighted by Crippen LogP contribution is -2.33. The third kappa shape index (κ3) is 3.70. The van der Waals surface area contributed by atoms with Crippen LogP contribution in [-0.2, 0) is 11.3 Å². The van der Waals surface area contributed by atoms with E-state index in [-0.39, 0.29) is 5.91 Å². The molecule has 1 fully saturated rings. The van der Waals surface area contributed by atoms with Gasteiger partial charge < -0.3 is 9.32 Å². The van der Waals surface area contributed by atoms with E-state index in [1.165, 1.54) is 0 Å². The minimum absolute atomic E-state index is 0.146. The summed E-state index contributed by atoms with van der Waals surface area (Å²) >= 11 is 7.93. The molecule has 1 aliphatic carbocycles. The number of thioether (sulfide) groups is 1. The minimum Gasteiger partial charge on any atom is -0.467 e. The summed E-state index contributed by atoms with van der Waals surface area (Å²) in [7, 11) is 0. The number of furan rings is 1. The van der Waals surface area contributed by atoms with E-state index < -0.39 is 0 Å². The number of carbonyl (C=O) groups excluding carboxylic acids is 1. The number of carbonyl (C=O) groups is 1. The maximum absolute atomic E-state index is 12.8. The predicted octanol–water partition coefficient (Wildman–Crippen LogP) is 5.37. The first-order chi connectivity index (χ1) is 12.2. The summed E-state index contributed by atoms with van der Waals surface area (Å²) in [4.78, 5) is 15.8. The van der Waals surface area contributed by atoms with Crippen LogP contribution in [0.25, 0.3) is 10.8 Å². The maximum atomic E-state index is 12.8. The van der Waals surface area contributed by atoms with Gasteiger partial charge in [0, 0.05) is 21.3 Å². The van der Waals surface area contributed by atoms with Crippen molar-refractivity contribution in [1.29, 1.82) is 0 Å². The molecule has 0 unspecified atom stereocenters. The SMILES string of the molecule is O=C(CSc1cccc2cccc(Cl)c12)N(Cc1ccco1)C1CC1. The largest absolute Gasteiger partial charge is 0.467 e. The molecular weight excluding hydrogens is 354 g/mol. The fourth-order valence-electron chi connectivity index (χ4n) is 2.98. The standard InChI is InChI=1S/C20H18ClNO2S/c21-17-7-1-4-14-5-2-8-18(20(14)17)25-13-19(23)22(15-9-10-15)12-16-6-3-11-24-16/h1-8,11,15H,9-10,12-13H2. The zero-order valence-corrected chi connectivity index (χ0v) is 15.2. The molecule has 1 saturated carbocycles. The Morgan fingerprint density at radius 2 is 1.96 bits per heavy atom. The monoisotopic (exact) mass is 371 g/mol. The van der Waals surface area contributed by atoms with E-state index in [1.54, 1.807) is 18.0 Å². The second-order valence-corrected chi connectivity index (χ2v) is 7.64. The van der Waals surface area contributed by atoms with E-state index in [4.69, 9.17) is 16.0 Å². The Balaban J connectivity index is 1.49. The zero-order valence-electron chi connectivity index (χ0n) is 13.7. The van der Waals surface area contributed by atoms with Crippen LogP contribution in [0.3, 0.4) is 0 Å². The number of hydrogen-bond donors (Lipinski definition) is 0. The minimum atomic E-state index is 0.146. The third-order valence-electron chi connectivity index (χ3n) is 4.38. The van der Waals surface area contributed by atoms with Crippen LogP contribution < -0.4 is 0 Å². The fraction of sp³-hybridized carbons (Fsp3) is 0.250. The molecule has 1 amide bonds. The van der Waals surface area contributed by atoms with Crippen LogP contribution in [0.5, 0.6) is 0 Å². The van der Waals surface area contributed by atoms with E-state index >= 15 is 0 Å². The summed E-state index contributed by atoms with van der Waals surface area (Å²) in [5.41, 5.74) is 0. The van der Waals surface area contributed by atoms with Gasteiger partial charge in [-0.25, -0.2) is 0 Å². The quantitative estimate of drug-likeness (QED) is 0.546. The van der Waals surface area contributed by atoms with Gasteiger partial charge in [-0.05, 0) is 42.5 Å². The second kappa shape index (κ2) is 7.14. The van der Waals surface area contributed by atoms with Gasteiger partial charge in [0.05, 0.1) is 18.6 Å². The first-order valence-corrected chi connectivity index (χ1v) is 9.70. The van der Waals surface area contributed by atoms with Crippen molar-refractivity contribution in [1.82, 2.24) is 4.90 Å². The molecule has 0 atom stereocenters. The van der Waals surface area contributed by atoms with Gasteiger partial charge in [-0.3, -0.25) is 4.79 Å². The first kappa shape index (κ1) is 16.6. The van der Waals surface area contributed by atoms with E-state index in [9.17, 15) is 4.79 Å². The van der Waals surface area contributed by atoms with Gasteiger partial charge in [-0.15, -0.1) is 11.8 Å². The maximum Gasteiger partial charge on any atom is 0.233 e. The van der Waals surface area contributed by atoms with Crippen molar-refractivity contribution in [3.05, 3.63) is 65.6 Å². The van der Waals surface area contributed by atoms with Crippen LogP contribution >= 0.6 is 23.4 Å². The highest BCUT2D eigenvalue weighted by atomic mass is 35.5. The normalized spacial score (nSPS) is 14.0. The average Bonchev–Trinajstić information content (AvgIpc) is 3.33. The number of nitrogens with zero attached hydrogens (tertiary/aromatic N) is 1. The van der Waals surface area contributed by atoms with Crippen LogP contribution in [0.2, 0.25) is 5.02 Å². The summed E-state index contributed by atoms with van der Waals surface area (Å²) in [6, 6.07) is 16.1. The van der Waals surface area contributed by atoms with Crippen LogP contribution in [0, 0.1) is 0 Å². The molecule has 0 bridgehead atoms. The molecule has 2 aromatic carbocycles. The third-order valence-corrected chi connectivity index (χ3v) is 5.74. The zero-order chi connectivity index (χ0) is 17.2. The highest BCUT2D eigenvalue weighted by Gasteiger charge is 2.33. The Morgan fingerprint density at radius 3 is 2.68 bits per heavy atom. The molecule has 0 spiro atoms. The lowest BCUT2D eigenvalue weighted by molar-refractivity contribution is -0.129. The number of benzene rings is 2. The highest BCUT2D eigenvalue weighted by Crippen LogP contribution is 2.34. The van der Waals surface area contributed by atoms with Crippen LogP contribution in [0.15, 0.2) is 64.1 Å². The van der Waals surface area contributed by atoms with Gasteiger partial charge in [0.15, 0.2) is 0 Å². The van der Waals surface area contributed by atoms with Crippen LogP contribution in [-0.4, -0.2) is 22.6 Å². The molecule has 25 heavy (non-hydrogen) atoms. The topological polar surface area (TPSA) is 33.5 Å². The van der Waals surface area contributed by atoms with E-state index in [0.29, 0.717) is 18.3 Å². The number of hydrogen-bond acceptors (Lipinski definition) is 3. The predicted molar refractivity (Wildman–Crippen MR) is 102 cm³/mol. The van der Waals surface area contributed by atoms with E-state index in [1.807, 2.05) is 53.4 Å². The molecule has 0 radical (unpaired) electrons. The van der Waals surface area contributed by atoms with Crippen molar-refractivity contribution < 1.29 is 9.21 Å². The van der Waals surface area contributed by atoms with Gasteiger partial charge in [0.25, 0.3) is 0 Å². The smallest absolute Gasteiger partial charge is 0.233 e. The Labute approximate surface area is 155 Å². The van der Waals surface area contributed by atoms with Crippen molar-refractivity contribution in [2.24, 2.45) is 0 Å². The lowest BCUT2D eigenvalue weighted by atomic mass is 10.1. The Kier molecular flexibility index (Phi) is 4.73. The van der Waals surface area contributed by atoms with Crippen molar-refractivity contribution in [2.45, 2.75) is 30.3 Å². The summed E-state index contributed by atoms with van der Waals surface area (Å²) in [6.45, 7) is 0.549. The van der Waals surface area contributed by atoms with Gasteiger partial charge in [0.2, 0.25) is 5.91 Å². The summed E-state index contributed by atoms with van der Waals surface area (Å²) in [5, 5.41) is 2.84. The van der Waals surface area contributed by atoms with E-state index in [0.717, 1.165) is 39.3 Å². The Hall–Kier alpha value is -1.91. The molecule has 1 aromatic heterocycles. The van der Waals surface area contributed by atoms with Crippen molar-refractivity contribution in [3.63, 3.8) is 0 Å². The number of amides is 1. The van der Waals surface area contributed by atoms with E-state index in [2.05, 4.69) is 0 Å². The summed E-state index contributed by atoms with van der Waals surface area (Å²) in [5.74, 6) is 1.38. The summed E-state index contributed by atoms with van der Waals surface area (Å²) in [6.07, 6.45) is 3.81. The molecule has 0 saturated heterocycles. The molecule has 5 heteroatoms. The Morgan fingerprint density at radius 1 is 1.16 bits per heavy atom. The number of fused-ring (bicyclic) bond motifs is 1. The number of halogens is 1. The molecule has 1 aliphatic rings. The number of rotatable bonds is 6. The molecule has 4 rings (SSSR count). The second-order valence-electron chi connectivity index (χ2n) is 6.21. The fourth-order valence-corrected chi connectivity index (χ4v) is 4.31. The van der Waals surface area contributed by atoms with Gasteiger partial charge in [-0.1, -0.05) is 35.9 Å². The van der Waals surface area contributed by atoms with Gasteiger partial charge in [-0.2, -0.15) is 0 Å². The van der Waals surface area contributed by atoms with Crippen molar-refractivity contribution in [3.8, 4) is 0 Å². The van der Waals surface area contributed by atoms with Crippen molar-refractivity contribution in [2.75, 3.05) is 5.75 Å². The molecule has 0 N–H and O–H groups in total. The lowest BCUT2D eigenvalue weighted by Gasteiger charge is -2.21. The molecule has 0 aliphatic heterocycles. The average molecular weight is 372 g/mol. The molecule has 1 heterocycles. The highest BCUT2D eigenvalue weighted by molar-refractivity contribution is 8.00. The molecular formula is C20H18ClNO2S. The molecule has 128 valence electrons. The van der Waals surface area contributed by atoms with Crippen LogP contribution in [0.4, 0.5) is 0 Å². The van der Waals surface area contributed by atoms with Crippen LogP contribution in [0.1, 0.15) is 18.6 Å². The van der Waals surface area contributed by atoms with Gasteiger partial charge >= 0.3 is 0 Å². The first-order valence-electron chi connectivity index (χ1n) is 8.34. The molecule has 3 aromatic rings. The molecule has 3 nitrogen and oxygen atoms in total.